The van der Waals surface area contributed by atoms with Gasteiger partial charge in [0.2, 0.25) is 0 Å². The first kappa shape index (κ1) is 39.4. The van der Waals surface area contributed by atoms with E-state index in [1.807, 2.05) is 43.8 Å². The number of carbonyl (C=O) groups is 2. The molecule has 0 radical (unpaired) electrons. The molecule has 0 unspecified atom stereocenters. The van der Waals surface area contributed by atoms with Gasteiger partial charge in [-0.15, -0.1) is 0 Å². The second kappa shape index (κ2) is 19.9. The molecule has 1 amide bonds. The lowest BCUT2D eigenvalue weighted by atomic mass is 9.98. The number of aromatic nitrogens is 2. The summed E-state index contributed by atoms with van der Waals surface area (Å²) in [6.07, 6.45) is 12.8. The smallest absolute Gasteiger partial charge is 0.267 e. The summed E-state index contributed by atoms with van der Waals surface area (Å²) in [5, 5.41) is 13.1. The van der Waals surface area contributed by atoms with Crippen LogP contribution in [0.3, 0.4) is 0 Å². The Bertz CT molecular complexity index is 1700. The molecule has 5 N–H and O–H groups in total. The quantitative estimate of drug-likeness (QED) is 0.0714. The van der Waals surface area contributed by atoms with Crippen LogP contribution in [0.4, 0.5) is 4.39 Å². The number of nitrogens with zero attached hydrogens (tertiary/aromatic N) is 3. The third-order valence-electron chi connectivity index (χ3n) is 8.32. The second-order valence-electron chi connectivity index (χ2n) is 12.6. The molecule has 1 aromatic heterocycles. The summed E-state index contributed by atoms with van der Waals surface area (Å²) in [7, 11) is 1.92. The number of allylic oxidation sites excluding steroid dienone is 1. The van der Waals surface area contributed by atoms with Crippen molar-refractivity contribution in [3.63, 3.8) is 0 Å². The number of rotatable bonds is 13. The van der Waals surface area contributed by atoms with Crippen LogP contribution in [0.5, 0.6) is 0 Å². The van der Waals surface area contributed by atoms with Crippen molar-refractivity contribution < 1.29 is 14.0 Å². The van der Waals surface area contributed by atoms with Gasteiger partial charge in [0.15, 0.2) is 0 Å². The van der Waals surface area contributed by atoms with Crippen molar-refractivity contribution in [2.45, 2.75) is 90.4 Å². The number of benzene rings is 2. The number of halogens is 1. The maximum Gasteiger partial charge on any atom is 0.267 e. The third-order valence-corrected chi connectivity index (χ3v) is 8.32. The van der Waals surface area contributed by atoms with Crippen molar-refractivity contribution in [1.82, 2.24) is 25.7 Å². The van der Waals surface area contributed by atoms with Crippen molar-refractivity contribution in [3.05, 3.63) is 107 Å². The summed E-state index contributed by atoms with van der Waals surface area (Å²) < 4.78 is 15.7. The lowest BCUT2D eigenvalue weighted by Gasteiger charge is -2.16. The highest BCUT2D eigenvalue weighted by Gasteiger charge is 2.43. The van der Waals surface area contributed by atoms with Gasteiger partial charge in [0.05, 0.1) is 24.5 Å². The number of aliphatic imine (C=N–C) groups is 1. The van der Waals surface area contributed by atoms with E-state index in [4.69, 9.17) is 5.73 Å². The minimum Gasteiger partial charge on any atom is -0.404 e. The van der Waals surface area contributed by atoms with Crippen molar-refractivity contribution in [1.29, 1.82) is 0 Å². The Labute approximate surface area is 296 Å². The van der Waals surface area contributed by atoms with Gasteiger partial charge in [-0.25, -0.2) is 4.39 Å². The Kier molecular flexibility index (Phi) is 15.7. The van der Waals surface area contributed by atoms with E-state index in [0.717, 1.165) is 59.9 Å². The summed E-state index contributed by atoms with van der Waals surface area (Å²) >= 11 is 0. The zero-order valence-corrected chi connectivity index (χ0v) is 30.1. The van der Waals surface area contributed by atoms with E-state index < -0.39 is 0 Å². The summed E-state index contributed by atoms with van der Waals surface area (Å²) in [5.41, 5.74) is 10.6. The average Bonchev–Trinajstić information content (AvgIpc) is 4.07. The molecule has 3 aromatic rings. The minimum absolute atomic E-state index is 0.0514. The average molecular weight is 682 g/mol. The van der Waals surface area contributed by atoms with Gasteiger partial charge in [-0.3, -0.25) is 19.3 Å². The largest absolute Gasteiger partial charge is 0.404 e. The van der Waals surface area contributed by atoms with Gasteiger partial charge in [-0.05, 0) is 93.5 Å². The Morgan fingerprint density at radius 3 is 2.48 bits per heavy atom. The normalized spacial score (nSPS) is 14.3. The number of unbranched alkanes of at least 4 members (excludes halogenated alkanes) is 1. The second-order valence-corrected chi connectivity index (χ2v) is 12.6. The first-order chi connectivity index (χ1) is 24.1. The molecule has 0 bridgehead atoms. The number of carbonyl (C=O) groups excluding carboxylic acids is 2. The molecular formula is C40H52FN7O2. The highest BCUT2D eigenvalue weighted by molar-refractivity contribution is 6.09. The summed E-state index contributed by atoms with van der Waals surface area (Å²) in [5.74, 6) is 5.41. The van der Waals surface area contributed by atoms with E-state index in [1.54, 1.807) is 36.7 Å². The van der Waals surface area contributed by atoms with Crippen LogP contribution < -0.4 is 21.7 Å². The van der Waals surface area contributed by atoms with Crippen LogP contribution in [0.15, 0.2) is 78.2 Å². The van der Waals surface area contributed by atoms with E-state index in [1.165, 1.54) is 25.1 Å². The van der Waals surface area contributed by atoms with Gasteiger partial charge in [-0.2, -0.15) is 5.10 Å². The zero-order chi connectivity index (χ0) is 36.5. The molecule has 2 saturated carbocycles. The molecular weight excluding hydrogens is 629 g/mol. The van der Waals surface area contributed by atoms with Crippen LogP contribution in [0.2, 0.25) is 0 Å². The van der Waals surface area contributed by atoms with Crippen LogP contribution in [0, 0.1) is 17.7 Å². The van der Waals surface area contributed by atoms with E-state index in [9.17, 15) is 14.0 Å². The number of hydrogen-bond donors (Lipinski definition) is 4. The van der Waals surface area contributed by atoms with Crippen LogP contribution >= 0.6 is 0 Å². The van der Waals surface area contributed by atoms with Crippen LogP contribution in [0.1, 0.15) is 105 Å². The topological polar surface area (TPSA) is 126 Å². The first-order valence-electron chi connectivity index (χ1n) is 17.3. The Morgan fingerprint density at radius 2 is 1.88 bits per heavy atom. The first-order valence-corrected chi connectivity index (χ1v) is 17.3. The monoisotopic (exact) mass is 681 g/mol. The molecule has 10 heteroatoms. The Balaban J connectivity index is 0.000000250. The molecule has 0 spiro atoms. The predicted molar refractivity (Wildman–Crippen MR) is 201 cm³/mol. The van der Waals surface area contributed by atoms with Crippen LogP contribution in [-0.2, 0) is 16.9 Å². The summed E-state index contributed by atoms with van der Waals surface area (Å²) in [4.78, 5) is 27.5. The fraction of sp³-hybridized carbons (Fsp3) is 0.400. The fourth-order valence-corrected chi connectivity index (χ4v) is 4.75. The highest BCUT2D eigenvalue weighted by Crippen LogP contribution is 2.45. The summed E-state index contributed by atoms with van der Waals surface area (Å²) in [6.45, 7) is 12.7. The summed E-state index contributed by atoms with van der Waals surface area (Å²) in [6, 6.07) is 14.8. The molecule has 2 fully saturated rings. The Morgan fingerprint density at radius 1 is 1.16 bits per heavy atom. The van der Waals surface area contributed by atoms with Crippen LogP contribution in [-0.4, -0.2) is 47.8 Å². The third kappa shape index (κ3) is 12.1. The van der Waals surface area contributed by atoms with Gasteiger partial charge < -0.3 is 21.7 Å². The SMILES string of the molecule is C=C(NCC#Cc1ccnn1C(C)C)C(=O)NCc1ccccc1C=O.CCCC.CNC1(c2cc(F)cc(/C(C=NC3CC3)=C/N)c2)CC1. The fourth-order valence-electron chi connectivity index (χ4n) is 4.75. The molecule has 0 aliphatic heterocycles. The minimum atomic E-state index is -0.334. The van der Waals surface area contributed by atoms with Crippen molar-refractivity contribution in [3.8, 4) is 11.8 Å². The molecule has 2 aliphatic rings. The predicted octanol–water partition coefficient (Wildman–Crippen LogP) is 6.42. The maximum atomic E-state index is 13.9. The molecule has 0 saturated heterocycles. The van der Waals surface area contributed by atoms with Gasteiger partial charge in [0.1, 0.15) is 17.8 Å². The van der Waals surface area contributed by atoms with Gasteiger partial charge in [0.25, 0.3) is 5.91 Å². The number of amides is 1. The molecule has 2 aromatic carbocycles. The molecule has 1 heterocycles. The van der Waals surface area contributed by atoms with E-state index in [-0.39, 0.29) is 35.5 Å². The van der Waals surface area contributed by atoms with Gasteiger partial charge >= 0.3 is 0 Å². The van der Waals surface area contributed by atoms with Gasteiger partial charge in [0, 0.05) is 41.7 Å². The number of hydrogen-bond acceptors (Lipinski definition) is 7. The van der Waals surface area contributed by atoms with Crippen molar-refractivity contribution in [2.75, 3.05) is 13.6 Å². The van der Waals surface area contributed by atoms with Gasteiger partial charge in [-0.1, -0.05) is 63.5 Å². The molecule has 5 rings (SSSR count). The molecule has 2 aliphatic carbocycles. The molecule has 266 valence electrons. The van der Waals surface area contributed by atoms with Crippen molar-refractivity contribution in [2.24, 2.45) is 10.7 Å². The molecule has 50 heavy (non-hydrogen) atoms. The standard InChI is InChI=1S/C20H22N4O2.C16H20FN3.C4H10/c1-15(2)24-19(10-12-23-24)9-6-11-21-16(3)20(26)22-13-17-7-4-5-8-18(17)14-25;1-19-16(4-5-16)13-6-11(7-14(17)8-13)12(9-18)10-20-15-2-3-15;1-3-4-2/h4-5,7-8,10,12,14-15,21H,3,11,13H2,1-2H3,(H,22,26);6-10,15,19H,2-5,18H2,1H3;3-4H2,1-2H3/b;12-9+,20-10?;. The zero-order valence-electron chi connectivity index (χ0n) is 30.1. The van der Waals surface area contributed by atoms with Crippen LogP contribution in [0.25, 0.3) is 5.57 Å². The number of nitrogens with two attached hydrogens (primary N) is 1. The van der Waals surface area contributed by atoms with E-state index in [2.05, 4.69) is 58.3 Å². The molecule has 0 atom stereocenters. The number of nitrogens with one attached hydrogen (secondary N) is 3. The lowest BCUT2D eigenvalue weighted by Crippen LogP contribution is -2.31. The lowest BCUT2D eigenvalue weighted by molar-refractivity contribution is -0.118. The Hall–Kier alpha value is -5.01. The molecule has 9 nitrogen and oxygen atoms in total. The van der Waals surface area contributed by atoms with Crippen molar-refractivity contribution >= 4 is 24.0 Å². The highest BCUT2D eigenvalue weighted by atomic mass is 19.1. The van der Waals surface area contributed by atoms with E-state index >= 15 is 0 Å². The number of aldehydes is 1. The van der Waals surface area contributed by atoms with E-state index in [0.29, 0.717) is 18.2 Å². The maximum absolute atomic E-state index is 13.9.